The maximum Gasteiger partial charge on any atom is 0.327 e. The first kappa shape index (κ1) is 39.6. The number of esters is 1. The minimum Gasteiger partial charge on any atom is -0.458 e. The largest absolute Gasteiger partial charge is 0.458 e. The Kier molecular flexibility index (Phi) is 10.7. The highest BCUT2D eigenvalue weighted by atomic mass is 16.8. The molecule has 9 rings (SSSR count). The number of carbonyl (C=O) groups excluding carboxylic acids is 3. The van der Waals surface area contributed by atoms with Crippen molar-refractivity contribution in [3.05, 3.63) is 76.9 Å². The van der Waals surface area contributed by atoms with Crippen LogP contribution in [0.2, 0.25) is 0 Å². The van der Waals surface area contributed by atoms with E-state index in [1.807, 2.05) is 48.5 Å². The number of nitrogens with zero attached hydrogens (tertiary/aromatic N) is 2. The Bertz CT molecular complexity index is 1900. The quantitative estimate of drug-likeness (QED) is 0.145. The molecule has 58 heavy (non-hydrogen) atoms. The van der Waals surface area contributed by atoms with E-state index in [9.17, 15) is 35.1 Å². The van der Waals surface area contributed by atoms with Crippen molar-refractivity contribution in [3.63, 3.8) is 0 Å². The van der Waals surface area contributed by atoms with Crippen molar-refractivity contribution in [2.24, 2.45) is 5.41 Å². The highest BCUT2D eigenvalue weighted by Crippen LogP contribution is 2.59. The number of rotatable bonds is 11. The number of nitrogens with one attached hydrogen (secondary N) is 1. The molecule has 0 aromatic heterocycles. The van der Waals surface area contributed by atoms with Crippen molar-refractivity contribution in [3.8, 4) is 0 Å². The lowest BCUT2D eigenvalue weighted by atomic mass is 9.62. The normalized spacial score (nSPS) is 37.3. The summed E-state index contributed by atoms with van der Waals surface area (Å²) in [6, 6.07) is 13.5. The van der Waals surface area contributed by atoms with Crippen LogP contribution in [0.1, 0.15) is 41.5 Å². The van der Waals surface area contributed by atoms with Gasteiger partial charge in [0.2, 0.25) is 11.8 Å². The number of carbonyl (C=O) groups is 3. The van der Waals surface area contributed by atoms with Gasteiger partial charge in [-0.25, -0.2) is 0 Å². The summed E-state index contributed by atoms with van der Waals surface area (Å²) in [5, 5.41) is 53.5. The van der Waals surface area contributed by atoms with Crippen LogP contribution in [-0.2, 0) is 62.3 Å². The number of hydrogen-bond acceptors (Lipinski definition) is 15. The molecule has 6 N–H and O–H groups in total. The van der Waals surface area contributed by atoms with E-state index in [0.29, 0.717) is 32.2 Å². The molecular formula is C41H49N3O14. The molecule has 2 aromatic carbocycles. The van der Waals surface area contributed by atoms with Crippen molar-refractivity contribution in [1.82, 2.24) is 15.3 Å². The van der Waals surface area contributed by atoms with Gasteiger partial charge in [0.1, 0.15) is 60.3 Å². The number of benzene rings is 2. The van der Waals surface area contributed by atoms with Crippen molar-refractivity contribution in [2.45, 2.75) is 112 Å². The molecule has 12 atom stereocenters. The topological polar surface area (TPSA) is 226 Å². The smallest absolute Gasteiger partial charge is 0.327 e. The number of likely N-dealkylation sites (tertiary alicyclic amines) is 1. The molecule has 2 aromatic rings. The van der Waals surface area contributed by atoms with E-state index in [0.717, 1.165) is 22.3 Å². The second-order valence-electron chi connectivity index (χ2n) is 16.3. The van der Waals surface area contributed by atoms with E-state index < -0.39 is 91.0 Å². The van der Waals surface area contributed by atoms with Crippen LogP contribution in [-0.4, -0.2) is 159 Å². The first-order chi connectivity index (χ1) is 28.1. The zero-order valence-corrected chi connectivity index (χ0v) is 31.7. The summed E-state index contributed by atoms with van der Waals surface area (Å²) in [6.07, 6.45) is -4.53. The Morgan fingerprint density at radius 3 is 2.52 bits per heavy atom. The molecule has 2 bridgehead atoms. The third kappa shape index (κ3) is 6.66. The SMILES string of the molecule is O=C(NCCO)C1CCCN1C(=O)C12CC3OC(=O)C1N(Cc1cccc(C=CCOC4OC(CO)C(O)C(O)C4O)c1)OC2C1OC2(Cc4ccccc4C2)OC31. The van der Waals surface area contributed by atoms with Crippen LogP contribution >= 0.6 is 0 Å². The lowest BCUT2D eigenvalue weighted by Crippen LogP contribution is -2.70. The fraction of sp³-hybridized carbons (Fsp3) is 0.585. The summed E-state index contributed by atoms with van der Waals surface area (Å²) < 4.78 is 30.8. The second-order valence-corrected chi connectivity index (χ2v) is 16.3. The Hall–Kier alpha value is -3.85. The maximum atomic E-state index is 15.2. The van der Waals surface area contributed by atoms with E-state index in [-0.39, 0.29) is 44.5 Å². The summed E-state index contributed by atoms with van der Waals surface area (Å²) in [7, 11) is 0. The monoisotopic (exact) mass is 807 g/mol. The van der Waals surface area contributed by atoms with Crippen LogP contribution in [0.5, 0.6) is 0 Å². The number of hydrogen-bond donors (Lipinski definition) is 6. The number of amides is 2. The number of ether oxygens (including phenoxy) is 5. The van der Waals surface area contributed by atoms with Crippen LogP contribution in [0, 0.1) is 5.41 Å². The molecule has 5 saturated heterocycles. The van der Waals surface area contributed by atoms with Crippen LogP contribution in [0.15, 0.2) is 54.6 Å². The van der Waals surface area contributed by atoms with Gasteiger partial charge in [-0.05, 0) is 35.1 Å². The van der Waals surface area contributed by atoms with Gasteiger partial charge in [-0.1, -0.05) is 60.7 Å². The summed E-state index contributed by atoms with van der Waals surface area (Å²) in [4.78, 5) is 51.1. The van der Waals surface area contributed by atoms with Crippen LogP contribution in [0.25, 0.3) is 6.08 Å². The standard InChI is InChI=1S/C41H49N3O14/c45-14-12-42-36(50)26-11-4-13-43(26)39(52)41-19-27-32-33(57-40(56-32)17-24-9-1-2-10-25(24)18-40)35(41)58-44(34(41)37(51)54-27)20-23-7-3-6-22(16-23)8-5-15-53-38-31(49)30(48)29(47)28(21-46)55-38/h1-3,5-10,16,26-35,38,45-49H,4,11-15,17-21H2,(H,42,50). The van der Waals surface area contributed by atoms with Gasteiger partial charge in [-0.2, -0.15) is 5.06 Å². The van der Waals surface area contributed by atoms with Crippen molar-refractivity contribution >= 4 is 23.9 Å². The molecule has 2 aliphatic carbocycles. The molecule has 5 aliphatic heterocycles. The van der Waals surface area contributed by atoms with E-state index in [1.54, 1.807) is 17.1 Å². The highest BCUT2D eigenvalue weighted by Gasteiger charge is 2.77. The molecule has 17 heteroatoms. The van der Waals surface area contributed by atoms with Crippen molar-refractivity contribution in [1.29, 1.82) is 0 Å². The van der Waals surface area contributed by atoms with Gasteiger partial charge < -0.3 is 59.4 Å². The number of aliphatic hydroxyl groups is 5. The lowest BCUT2D eigenvalue weighted by Gasteiger charge is -2.50. The molecule has 1 spiro atoms. The van der Waals surface area contributed by atoms with Crippen LogP contribution in [0.4, 0.5) is 0 Å². The number of fused-ring (bicyclic) bond motifs is 5. The van der Waals surface area contributed by atoms with Gasteiger partial charge in [-0.15, -0.1) is 0 Å². The zero-order chi connectivity index (χ0) is 40.3. The zero-order valence-electron chi connectivity index (χ0n) is 31.7. The average molecular weight is 808 g/mol. The molecule has 312 valence electrons. The Labute approximate surface area is 334 Å². The molecule has 17 nitrogen and oxygen atoms in total. The van der Waals surface area contributed by atoms with Gasteiger partial charge in [0, 0.05) is 32.4 Å². The third-order valence-electron chi connectivity index (χ3n) is 12.7. The minimum atomic E-state index is -1.55. The van der Waals surface area contributed by atoms with E-state index in [1.165, 1.54) is 5.06 Å². The van der Waals surface area contributed by atoms with Gasteiger partial charge in [0.05, 0.1) is 26.4 Å². The second kappa shape index (κ2) is 15.6. The summed E-state index contributed by atoms with van der Waals surface area (Å²) in [5.41, 5.74) is 2.25. The highest BCUT2D eigenvalue weighted by molar-refractivity contribution is 5.96. The Balaban J connectivity index is 0.975. The third-order valence-corrected chi connectivity index (χ3v) is 12.7. The Morgan fingerprint density at radius 1 is 0.983 bits per heavy atom. The number of aliphatic hydroxyl groups excluding tert-OH is 5. The van der Waals surface area contributed by atoms with E-state index in [2.05, 4.69) is 5.32 Å². The predicted molar refractivity (Wildman–Crippen MR) is 197 cm³/mol. The minimum absolute atomic E-state index is 0.0315. The molecule has 1 saturated carbocycles. The number of hydroxylamine groups is 2. The summed E-state index contributed by atoms with van der Waals surface area (Å²) in [5.74, 6) is -2.38. The van der Waals surface area contributed by atoms with Gasteiger partial charge in [0.15, 0.2) is 18.1 Å². The predicted octanol–water partition coefficient (Wildman–Crippen LogP) is -1.31. The van der Waals surface area contributed by atoms with Gasteiger partial charge >= 0.3 is 5.97 Å². The van der Waals surface area contributed by atoms with Gasteiger partial charge in [0.25, 0.3) is 0 Å². The van der Waals surface area contributed by atoms with Crippen LogP contribution in [0.3, 0.4) is 0 Å². The van der Waals surface area contributed by atoms with Gasteiger partial charge in [-0.3, -0.25) is 19.2 Å². The van der Waals surface area contributed by atoms with Crippen LogP contribution < -0.4 is 5.32 Å². The molecule has 7 aliphatic rings. The molecule has 2 amide bonds. The van der Waals surface area contributed by atoms with E-state index >= 15 is 4.79 Å². The average Bonchev–Trinajstić information content (AvgIpc) is 4.02. The molecule has 5 heterocycles. The molecule has 12 unspecified atom stereocenters. The fourth-order valence-corrected chi connectivity index (χ4v) is 10.1. The summed E-state index contributed by atoms with van der Waals surface area (Å²) in [6.45, 7) is -0.378. The molecule has 6 fully saturated rings. The molecular weight excluding hydrogens is 758 g/mol. The lowest BCUT2D eigenvalue weighted by molar-refractivity contribution is -0.298. The van der Waals surface area contributed by atoms with Crippen molar-refractivity contribution < 1.29 is 68.4 Å². The Morgan fingerprint density at radius 2 is 1.76 bits per heavy atom. The molecule has 0 radical (unpaired) electrons. The first-order valence-electron chi connectivity index (χ1n) is 20.0. The van der Waals surface area contributed by atoms with Crippen molar-refractivity contribution in [2.75, 3.05) is 32.9 Å². The maximum absolute atomic E-state index is 15.2. The fourth-order valence-electron chi connectivity index (χ4n) is 10.1. The van der Waals surface area contributed by atoms with E-state index in [4.69, 9.17) is 28.5 Å². The summed E-state index contributed by atoms with van der Waals surface area (Å²) >= 11 is 0. The first-order valence-corrected chi connectivity index (χ1v) is 20.0.